The molecule has 0 saturated heterocycles. The van der Waals surface area contributed by atoms with E-state index in [1.54, 1.807) is 6.92 Å². The smallest absolute Gasteiger partial charge is 0.341 e. The van der Waals surface area contributed by atoms with E-state index in [-0.39, 0.29) is 5.97 Å². The average Bonchev–Trinajstić information content (AvgIpc) is 3.09. The van der Waals surface area contributed by atoms with Gasteiger partial charge in [0.15, 0.2) is 5.11 Å². The van der Waals surface area contributed by atoms with Gasteiger partial charge in [-0.25, -0.2) is 4.79 Å². The second-order valence-corrected chi connectivity index (χ2v) is 7.75. The molecule has 0 fully saturated rings. The first kappa shape index (κ1) is 20.0. The number of nitrogens with one attached hydrogen (secondary N) is 2. The minimum atomic E-state index is -0.363. The van der Waals surface area contributed by atoms with Crippen LogP contribution in [0.5, 0.6) is 0 Å². The van der Waals surface area contributed by atoms with Crippen LogP contribution in [0, 0.1) is 13.8 Å². The van der Waals surface area contributed by atoms with Gasteiger partial charge in [0.1, 0.15) is 5.00 Å². The summed E-state index contributed by atoms with van der Waals surface area (Å²) in [6.07, 6.45) is 0. The normalized spacial score (nSPS) is 10.4. The molecule has 28 heavy (non-hydrogen) atoms. The van der Waals surface area contributed by atoms with Crippen molar-refractivity contribution in [3.8, 4) is 10.4 Å². The van der Waals surface area contributed by atoms with Crippen molar-refractivity contribution in [3.05, 3.63) is 71.3 Å². The third-order valence-corrected chi connectivity index (χ3v) is 5.54. The molecule has 0 atom stereocenters. The minimum Gasteiger partial charge on any atom is -0.462 e. The zero-order chi connectivity index (χ0) is 20.1. The van der Waals surface area contributed by atoms with Gasteiger partial charge in [-0.3, -0.25) is 0 Å². The Bertz CT molecular complexity index is 977. The van der Waals surface area contributed by atoms with Crippen LogP contribution >= 0.6 is 23.6 Å². The summed E-state index contributed by atoms with van der Waals surface area (Å²) in [6.45, 7) is 6.17. The van der Waals surface area contributed by atoms with Gasteiger partial charge in [-0.05, 0) is 55.7 Å². The molecule has 2 aromatic carbocycles. The van der Waals surface area contributed by atoms with E-state index in [9.17, 15) is 4.79 Å². The second-order valence-electron chi connectivity index (χ2n) is 6.29. The number of benzene rings is 2. The molecule has 1 heterocycles. The van der Waals surface area contributed by atoms with Gasteiger partial charge in [0.05, 0.1) is 12.2 Å². The third kappa shape index (κ3) is 4.58. The molecule has 0 saturated carbocycles. The quantitative estimate of drug-likeness (QED) is 0.398. The van der Waals surface area contributed by atoms with Crippen LogP contribution in [0.1, 0.15) is 28.4 Å². The maximum atomic E-state index is 12.4. The first-order valence-electron chi connectivity index (χ1n) is 9.00. The zero-order valence-corrected chi connectivity index (χ0v) is 17.7. The fraction of sp³-hybridized carbons (Fsp3) is 0.182. The highest BCUT2D eigenvalue weighted by Crippen LogP contribution is 2.36. The first-order chi connectivity index (χ1) is 13.5. The van der Waals surface area contributed by atoms with Crippen LogP contribution in [0.15, 0.2) is 54.6 Å². The number of hydrogen-bond donors (Lipinski definition) is 2. The van der Waals surface area contributed by atoms with Crippen LogP contribution in [-0.4, -0.2) is 17.7 Å². The summed E-state index contributed by atoms with van der Waals surface area (Å²) in [5.74, 6) is -0.363. The van der Waals surface area contributed by atoms with Crippen molar-refractivity contribution in [2.75, 3.05) is 17.2 Å². The molecular weight excluding hydrogens is 388 g/mol. The molecule has 0 spiro atoms. The topological polar surface area (TPSA) is 50.4 Å². The number of ether oxygens (including phenoxy) is 1. The summed E-state index contributed by atoms with van der Waals surface area (Å²) in [5, 5.41) is 7.53. The van der Waals surface area contributed by atoms with Crippen LogP contribution in [0.3, 0.4) is 0 Å². The SMILES string of the molecule is CCOC(=O)c1cc(-c2ccccc2)sc1NC(=S)Nc1c(C)cccc1C. The van der Waals surface area contributed by atoms with Crippen molar-refractivity contribution in [1.82, 2.24) is 0 Å². The third-order valence-electron chi connectivity index (χ3n) is 4.23. The molecular formula is C22H22N2O2S2. The van der Waals surface area contributed by atoms with E-state index < -0.39 is 0 Å². The van der Waals surface area contributed by atoms with E-state index in [2.05, 4.69) is 10.6 Å². The Morgan fingerprint density at radius 1 is 1.04 bits per heavy atom. The largest absolute Gasteiger partial charge is 0.462 e. The standard InChI is InChI=1S/C22H22N2O2S2/c1-4-26-21(25)17-13-18(16-11-6-5-7-12-16)28-20(17)24-22(27)23-19-14(2)9-8-10-15(19)3/h5-13H,4H2,1-3H3,(H2,23,24,27). The number of carbonyl (C=O) groups is 1. The molecule has 0 radical (unpaired) electrons. The Morgan fingerprint density at radius 3 is 2.36 bits per heavy atom. The van der Waals surface area contributed by atoms with Gasteiger partial charge in [-0.2, -0.15) is 0 Å². The monoisotopic (exact) mass is 410 g/mol. The van der Waals surface area contributed by atoms with Crippen molar-refractivity contribution < 1.29 is 9.53 Å². The summed E-state index contributed by atoms with van der Waals surface area (Å²) >= 11 is 6.98. The number of hydrogen-bond acceptors (Lipinski definition) is 4. The van der Waals surface area contributed by atoms with Gasteiger partial charge in [0, 0.05) is 10.6 Å². The highest BCUT2D eigenvalue weighted by molar-refractivity contribution is 7.80. The Hall–Kier alpha value is -2.70. The Morgan fingerprint density at radius 2 is 1.71 bits per heavy atom. The predicted molar refractivity (Wildman–Crippen MR) is 121 cm³/mol. The number of thiocarbonyl (C=S) groups is 1. The van der Waals surface area contributed by atoms with Gasteiger partial charge in [0.25, 0.3) is 0 Å². The van der Waals surface area contributed by atoms with E-state index in [0.29, 0.717) is 22.3 Å². The van der Waals surface area contributed by atoms with Gasteiger partial charge in [-0.1, -0.05) is 48.5 Å². The van der Waals surface area contributed by atoms with Crippen molar-refractivity contribution in [2.24, 2.45) is 0 Å². The zero-order valence-electron chi connectivity index (χ0n) is 16.0. The summed E-state index contributed by atoms with van der Waals surface area (Å²) in [6, 6.07) is 17.8. The lowest BCUT2D eigenvalue weighted by Gasteiger charge is -2.14. The second kappa shape index (κ2) is 8.99. The predicted octanol–water partition coefficient (Wildman–Crippen LogP) is 6.02. The molecule has 3 aromatic rings. The molecule has 3 rings (SSSR count). The molecule has 0 unspecified atom stereocenters. The molecule has 0 aliphatic rings. The van der Waals surface area contributed by atoms with E-state index in [1.807, 2.05) is 68.4 Å². The maximum absolute atomic E-state index is 12.4. The van der Waals surface area contributed by atoms with Crippen molar-refractivity contribution in [2.45, 2.75) is 20.8 Å². The lowest BCUT2D eigenvalue weighted by Crippen LogP contribution is -2.21. The van der Waals surface area contributed by atoms with Crippen LogP contribution in [-0.2, 0) is 4.74 Å². The van der Waals surface area contributed by atoms with Crippen LogP contribution in [0.2, 0.25) is 0 Å². The van der Waals surface area contributed by atoms with Crippen molar-refractivity contribution in [1.29, 1.82) is 0 Å². The van der Waals surface area contributed by atoms with Crippen LogP contribution in [0.4, 0.5) is 10.7 Å². The number of thiophene rings is 1. The van der Waals surface area contributed by atoms with Gasteiger partial charge in [-0.15, -0.1) is 11.3 Å². The molecule has 144 valence electrons. The Kier molecular flexibility index (Phi) is 6.44. The fourth-order valence-electron chi connectivity index (χ4n) is 2.85. The number of carbonyl (C=O) groups excluding carboxylic acids is 1. The van der Waals surface area contributed by atoms with E-state index in [0.717, 1.165) is 27.3 Å². The van der Waals surface area contributed by atoms with E-state index >= 15 is 0 Å². The lowest BCUT2D eigenvalue weighted by atomic mass is 10.1. The number of anilines is 2. The summed E-state index contributed by atoms with van der Waals surface area (Å²) in [7, 11) is 0. The molecule has 1 aromatic heterocycles. The van der Waals surface area contributed by atoms with Crippen molar-refractivity contribution >= 4 is 45.3 Å². The van der Waals surface area contributed by atoms with Gasteiger partial charge < -0.3 is 15.4 Å². The number of para-hydroxylation sites is 1. The molecule has 0 amide bonds. The fourth-order valence-corrected chi connectivity index (χ4v) is 4.17. The number of aryl methyl sites for hydroxylation is 2. The molecule has 6 heteroatoms. The van der Waals surface area contributed by atoms with Crippen molar-refractivity contribution in [3.63, 3.8) is 0 Å². The molecule has 0 aliphatic heterocycles. The van der Waals surface area contributed by atoms with E-state index in [4.69, 9.17) is 17.0 Å². The highest BCUT2D eigenvalue weighted by Gasteiger charge is 2.19. The van der Waals surface area contributed by atoms with Gasteiger partial charge >= 0.3 is 5.97 Å². The highest BCUT2D eigenvalue weighted by atomic mass is 32.1. The minimum absolute atomic E-state index is 0.319. The van der Waals surface area contributed by atoms with E-state index in [1.165, 1.54) is 11.3 Å². The molecule has 4 nitrogen and oxygen atoms in total. The van der Waals surface area contributed by atoms with Crippen LogP contribution in [0.25, 0.3) is 10.4 Å². The Balaban J connectivity index is 1.88. The molecule has 2 N–H and O–H groups in total. The average molecular weight is 411 g/mol. The molecule has 0 bridgehead atoms. The first-order valence-corrected chi connectivity index (χ1v) is 10.2. The summed E-state index contributed by atoms with van der Waals surface area (Å²) in [5.41, 5.74) is 4.70. The van der Waals surface area contributed by atoms with Crippen LogP contribution < -0.4 is 10.6 Å². The summed E-state index contributed by atoms with van der Waals surface area (Å²) < 4.78 is 5.22. The van der Waals surface area contributed by atoms with Gasteiger partial charge in [0.2, 0.25) is 0 Å². The maximum Gasteiger partial charge on any atom is 0.341 e. The Labute approximate surface area is 174 Å². The number of esters is 1. The summed E-state index contributed by atoms with van der Waals surface area (Å²) in [4.78, 5) is 13.4. The lowest BCUT2D eigenvalue weighted by molar-refractivity contribution is 0.0528. The number of rotatable bonds is 5. The molecule has 0 aliphatic carbocycles.